The Morgan fingerprint density at radius 1 is 1.36 bits per heavy atom. The topological polar surface area (TPSA) is 54.5 Å². The highest BCUT2D eigenvalue weighted by atomic mass is 35.5. The Bertz CT molecular complexity index is 416. The van der Waals surface area contributed by atoms with Crippen LogP contribution in [-0.2, 0) is 0 Å². The quantitative estimate of drug-likeness (QED) is 0.377. The van der Waals surface area contributed by atoms with Gasteiger partial charge in [-0.3, -0.25) is 0 Å². The van der Waals surface area contributed by atoms with Gasteiger partial charge in [0.05, 0.1) is 6.33 Å². The van der Waals surface area contributed by atoms with E-state index in [0.29, 0.717) is 11.5 Å². The lowest BCUT2D eigenvalue weighted by Crippen LogP contribution is -1.88. The maximum absolute atomic E-state index is 5.60. The van der Waals surface area contributed by atoms with E-state index in [9.17, 15) is 0 Å². The molecule has 0 saturated carbocycles. The van der Waals surface area contributed by atoms with Crippen molar-refractivity contribution in [2.24, 2.45) is 0 Å². The number of imidazole rings is 1. The van der Waals surface area contributed by atoms with Gasteiger partial charge in [-0.15, -0.1) is 23.4 Å². The number of halogens is 1. The summed E-state index contributed by atoms with van der Waals surface area (Å²) in [5, 5.41) is 0.942. The van der Waals surface area contributed by atoms with Gasteiger partial charge >= 0.3 is 0 Å². The van der Waals surface area contributed by atoms with E-state index in [1.54, 1.807) is 18.1 Å². The van der Waals surface area contributed by atoms with Crippen LogP contribution in [0.25, 0.3) is 11.2 Å². The first-order chi connectivity index (χ1) is 6.92. The second-order valence-corrected chi connectivity index (χ2v) is 4.13. The fourth-order valence-electron chi connectivity index (χ4n) is 1.08. The molecule has 0 bridgehead atoms. The summed E-state index contributed by atoms with van der Waals surface area (Å²) in [7, 11) is 0. The summed E-state index contributed by atoms with van der Waals surface area (Å²) in [6.07, 6.45) is 4.14. The predicted molar refractivity (Wildman–Crippen MR) is 57.7 cm³/mol. The standard InChI is InChI=1S/C8H9ClN4S/c9-2-1-3-14-8-6-7(11-4-10-6)12-5-13-8/h4-5H,1-3H2,(H,10,11,12,13). The molecule has 0 amide bonds. The van der Waals surface area contributed by atoms with Crippen molar-refractivity contribution in [2.75, 3.05) is 11.6 Å². The minimum Gasteiger partial charge on any atom is -0.341 e. The molecule has 2 aromatic rings. The van der Waals surface area contributed by atoms with Crippen LogP contribution in [0.4, 0.5) is 0 Å². The smallest absolute Gasteiger partial charge is 0.181 e. The van der Waals surface area contributed by atoms with Crippen LogP contribution in [0, 0.1) is 0 Å². The lowest BCUT2D eigenvalue weighted by Gasteiger charge is -1.98. The Kier molecular flexibility index (Phi) is 3.21. The zero-order valence-electron chi connectivity index (χ0n) is 7.40. The maximum Gasteiger partial charge on any atom is 0.181 e. The van der Waals surface area contributed by atoms with Crippen molar-refractivity contribution < 1.29 is 0 Å². The van der Waals surface area contributed by atoms with E-state index >= 15 is 0 Å². The number of rotatable bonds is 4. The van der Waals surface area contributed by atoms with Gasteiger partial charge < -0.3 is 4.98 Å². The summed E-state index contributed by atoms with van der Waals surface area (Å²) in [5.74, 6) is 1.65. The van der Waals surface area contributed by atoms with Crippen molar-refractivity contribution in [3.63, 3.8) is 0 Å². The molecule has 74 valence electrons. The summed E-state index contributed by atoms with van der Waals surface area (Å²) < 4.78 is 0. The predicted octanol–water partition coefficient (Wildman–Crippen LogP) is 2.07. The number of aromatic amines is 1. The number of hydrogen-bond donors (Lipinski definition) is 1. The number of thioether (sulfide) groups is 1. The van der Waals surface area contributed by atoms with Crippen molar-refractivity contribution in [2.45, 2.75) is 11.4 Å². The number of fused-ring (bicyclic) bond motifs is 1. The number of nitrogens with one attached hydrogen (secondary N) is 1. The Morgan fingerprint density at radius 2 is 2.29 bits per heavy atom. The average Bonchev–Trinajstić information content (AvgIpc) is 2.67. The highest BCUT2D eigenvalue weighted by molar-refractivity contribution is 7.99. The van der Waals surface area contributed by atoms with Gasteiger partial charge in [0, 0.05) is 11.6 Å². The lowest BCUT2D eigenvalue weighted by molar-refractivity contribution is 1.07. The summed E-state index contributed by atoms with van der Waals surface area (Å²) in [6.45, 7) is 0. The van der Waals surface area contributed by atoms with E-state index in [2.05, 4.69) is 19.9 Å². The minimum atomic E-state index is 0.685. The van der Waals surface area contributed by atoms with E-state index in [1.807, 2.05) is 0 Å². The second kappa shape index (κ2) is 4.61. The summed E-state index contributed by atoms with van der Waals surface area (Å²) in [6, 6.07) is 0. The first kappa shape index (κ1) is 9.73. The summed E-state index contributed by atoms with van der Waals surface area (Å²) in [5.41, 5.74) is 1.63. The Labute approximate surface area is 90.5 Å². The molecule has 4 nitrogen and oxygen atoms in total. The first-order valence-electron chi connectivity index (χ1n) is 4.24. The third-order valence-electron chi connectivity index (χ3n) is 1.70. The zero-order valence-corrected chi connectivity index (χ0v) is 8.98. The molecule has 0 atom stereocenters. The van der Waals surface area contributed by atoms with Crippen molar-refractivity contribution in [1.29, 1.82) is 0 Å². The van der Waals surface area contributed by atoms with Crippen LogP contribution < -0.4 is 0 Å². The molecule has 0 saturated heterocycles. The molecular weight excluding hydrogens is 220 g/mol. The van der Waals surface area contributed by atoms with E-state index in [0.717, 1.165) is 22.7 Å². The van der Waals surface area contributed by atoms with Crippen LogP contribution >= 0.6 is 23.4 Å². The molecule has 0 aliphatic carbocycles. The van der Waals surface area contributed by atoms with Gasteiger partial charge in [-0.2, -0.15) is 0 Å². The number of alkyl halides is 1. The first-order valence-corrected chi connectivity index (χ1v) is 5.76. The Morgan fingerprint density at radius 3 is 3.14 bits per heavy atom. The number of nitrogens with zero attached hydrogens (tertiary/aromatic N) is 3. The largest absolute Gasteiger partial charge is 0.341 e. The summed E-state index contributed by atoms with van der Waals surface area (Å²) >= 11 is 7.27. The summed E-state index contributed by atoms with van der Waals surface area (Å²) in [4.78, 5) is 15.3. The van der Waals surface area contributed by atoms with Crippen LogP contribution in [0.3, 0.4) is 0 Å². The van der Waals surface area contributed by atoms with E-state index in [4.69, 9.17) is 11.6 Å². The molecule has 0 aliphatic rings. The molecule has 1 N–H and O–H groups in total. The van der Waals surface area contributed by atoms with E-state index < -0.39 is 0 Å². The van der Waals surface area contributed by atoms with Gasteiger partial charge in [-0.05, 0) is 6.42 Å². The molecular formula is C8H9ClN4S. The fourth-order valence-corrected chi connectivity index (χ4v) is 2.27. The van der Waals surface area contributed by atoms with Crippen molar-refractivity contribution in [3.05, 3.63) is 12.7 Å². The number of hydrogen-bond acceptors (Lipinski definition) is 4. The SMILES string of the molecule is ClCCCSc1ncnc2nc[nH]c12. The molecule has 0 radical (unpaired) electrons. The molecule has 0 unspecified atom stereocenters. The second-order valence-electron chi connectivity index (χ2n) is 2.67. The highest BCUT2D eigenvalue weighted by Gasteiger charge is 2.05. The van der Waals surface area contributed by atoms with Crippen LogP contribution in [0.5, 0.6) is 0 Å². The molecule has 0 spiro atoms. The molecule has 0 aliphatic heterocycles. The fraction of sp³-hybridized carbons (Fsp3) is 0.375. The maximum atomic E-state index is 5.60. The van der Waals surface area contributed by atoms with Gasteiger partial charge in [-0.1, -0.05) is 0 Å². The molecule has 2 rings (SSSR count). The van der Waals surface area contributed by atoms with Crippen molar-refractivity contribution in [3.8, 4) is 0 Å². The van der Waals surface area contributed by atoms with Gasteiger partial charge in [0.1, 0.15) is 16.9 Å². The Hall–Kier alpha value is -0.810. The van der Waals surface area contributed by atoms with Gasteiger partial charge in [0.25, 0.3) is 0 Å². The molecule has 2 heterocycles. The third-order valence-corrected chi connectivity index (χ3v) is 3.05. The van der Waals surface area contributed by atoms with E-state index in [1.165, 1.54) is 6.33 Å². The van der Waals surface area contributed by atoms with Gasteiger partial charge in [0.15, 0.2) is 5.65 Å². The van der Waals surface area contributed by atoms with Crippen LogP contribution in [0.15, 0.2) is 17.7 Å². The zero-order chi connectivity index (χ0) is 9.80. The molecule has 14 heavy (non-hydrogen) atoms. The van der Waals surface area contributed by atoms with Crippen LogP contribution in [0.1, 0.15) is 6.42 Å². The van der Waals surface area contributed by atoms with Gasteiger partial charge in [0.2, 0.25) is 0 Å². The molecule has 0 aromatic carbocycles. The minimum absolute atomic E-state index is 0.685. The third kappa shape index (κ3) is 1.99. The highest BCUT2D eigenvalue weighted by Crippen LogP contribution is 2.22. The van der Waals surface area contributed by atoms with Crippen molar-refractivity contribution >= 4 is 34.5 Å². The number of aromatic nitrogens is 4. The monoisotopic (exact) mass is 228 g/mol. The number of H-pyrrole nitrogens is 1. The van der Waals surface area contributed by atoms with Crippen molar-refractivity contribution in [1.82, 2.24) is 19.9 Å². The average molecular weight is 229 g/mol. The normalized spacial score (nSPS) is 10.9. The molecule has 6 heteroatoms. The molecule has 0 fully saturated rings. The van der Waals surface area contributed by atoms with E-state index in [-0.39, 0.29) is 0 Å². The Balaban J connectivity index is 2.19. The van der Waals surface area contributed by atoms with Crippen LogP contribution in [-0.4, -0.2) is 31.6 Å². The van der Waals surface area contributed by atoms with Gasteiger partial charge in [-0.25, -0.2) is 15.0 Å². The lowest BCUT2D eigenvalue weighted by atomic mass is 10.6. The molecule has 2 aromatic heterocycles. The van der Waals surface area contributed by atoms with Crippen LogP contribution in [0.2, 0.25) is 0 Å².